The molecule has 0 aromatic heterocycles. The van der Waals surface area contributed by atoms with Gasteiger partial charge in [0.25, 0.3) is 0 Å². The van der Waals surface area contributed by atoms with Crippen LogP contribution in [0.3, 0.4) is 0 Å². The van der Waals surface area contributed by atoms with Crippen LogP contribution in [-0.4, -0.2) is 46.8 Å². The first-order valence-electron chi connectivity index (χ1n) is 14.6. The van der Waals surface area contributed by atoms with E-state index in [0.29, 0.717) is 24.7 Å². The third-order valence-corrected chi connectivity index (χ3v) is 9.22. The molecule has 2 rings (SSSR count). The van der Waals surface area contributed by atoms with E-state index in [-0.39, 0.29) is 33.7 Å². The molecule has 0 radical (unpaired) electrons. The normalized spacial score (nSPS) is 20.9. The molecule has 0 N–H and O–H groups in total. The van der Waals surface area contributed by atoms with Crippen LogP contribution in [0.5, 0.6) is 0 Å². The van der Waals surface area contributed by atoms with Gasteiger partial charge in [0, 0.05) is 38.0 Å². The SMILES string of the molecule is CCC(C)(C)CC(N1CCCCCC1=O)C(C)(C)CCCC(C)(C)C(N1CCCC1=O)C(C)(C)C. The average Bonchev–Trinajstić information content (AvgIpc) is 3.00. The summed E-state index contributed by atoms with van der Waals surface area (Å²) >= 11 is 0. The number of carbonyl (C=O) groups is 2. The second kappa shape index (κ2) is 11.5. The summed E-state index contributed by atoms with van der Waals surface area (Å²) in [5.74, 6) is 0.702. The van der Waals surface area contributed by atoms with Crippen molar-refractivity contribution in [1.29, 1.82) is 0 Å². The van der Waals surface area contributed by atoms with Gasteiger partial charge in [0.15, 0.2) is 0 Å². The average molecular weight is 491 g/mol. The highest BCUT2D eigenvalue weighted by Gasteiger charge is 2.45. The maximum absolute atomic E-state index is 13.2. The second-order valence-corrected chi connectivity index (χ2v) is 14.9. The molecule has 2 atom stereocenters. The van der Waals surface area contributed by atoms with Crippen molar-refractivity contribution >= 4 is 11.8 Å². The molecule has 35 heavy (non-hydrogen) atoms. The Morgan fingerprint density at radius 1 is 0.714 bits per heavy atom. The molecule has 0 aliphatic carbocycles. The summed E-state index contributed by atoms with van der Waals surface area (Å²) in [5, 5.41) is 0. The van der Waals surface area contributed by atoms with Crippen LogP contribution in [0.1, 0.15) is 140 Å². The quantitative estimate of drug-likeness (QED) is 0.296. The van der Waals surface area contributed by atoms with E-state index in [0.717, 1.165) is 64.5 Å². The molecule has 0 aromatic carbocycles. The van der Waals surface area contributed by atoms with Crippen molar-refractivity contribution in [3.8, 4) is 0 Å². The molecule has 2 aliphatic heterocycles. The minimum absolute atomic E-state index is 0.0466. The number of nitrogens with zero attached hydrogens (tertiary/aromatic N) is 2. The predicted molar refractivity (Wildman–Crippen MR) is 148 cm³/mol. The molecule has 2 amide bonds. The van der Waals surface area contributed by atoms with Crippen LogP contribution in [0.2, 0.25) is 0 Å². The van der Waals surface area contributed by atoms with E-state index in [1.165, 1.54) is 6.42 Å². The fourth-order valence-corrected chi connectivity index (χ4v) is 7.12. The molecule has 2 saturated heterocycles. The zero-order chi connectivity index (χ0) is 26.7. The number of hydrogen-bond donors (Lipinski definition) is 0. The first-order valence-corrected chi connectivity index (χ1v) is 14.6. The van der Waals surface area contributed by atoms with Crippen LogP contribution in [0, 0.1) is 21.7 Å². The smallest absolute Gasteiger partial charge is 0.222 e. The molecule has 2 fully saturated rings. The fourth-order valence-electron chi connectivity index (χ4n) is 7.12. The highest BCUT2D eigenvalue weighted by atomic mass is 16.2. The predicted octanol–water partition coefficient (Wildman–Crippen LogP) is 7.84. The molecular formula is C31H58N2O2. The van der Waals surface area contributed by atoms with Gasteiger partial charge in [-0.05, 0) is 60.2 Å². The monoisotopic (exact) mass is 490 g/mol. The van der Waals surface area contributed by atoms with Crippen molar-refractivity contribution in [2.24, 2.45) is 21.7 Å². The van der Waals surface area contributed by atoms with E-state index in [1.807, 2.05) is 0 Å². The highest BCUT2D eigenvalue weighted by Crippen LogP contribution is 2.45. The van der Waals surface area contributed by atoms with Crippen molar-refractivity contribution < 1.29 is 9.59 Å². The Morgan fingerprint density at radius 2 is 1.26 bits per heavy atom. The summed E-state index contributed by atoms with van der Waals surface area (Å²) in [4.78, 5) is 30.4. The molecule has 0 aromatic rings. The summed E-state index contributed by atoms with van der Waals surface area (Å²) in [6.45, 7) is 25.3. The number of amides is 2. The lowest BCUT2D eigenvalue weighted by Gasteiger charge is -2.49. The van der Waals surface area contributed by atoms with Gasteiger partial charge in [0.05, 0.1) is 0 Å². The molecule has 204 valence electrons. The Balaban J connectivity index is 2.19. The van der Waals surface area contributed by atoms with Crippen LogP contribution in [0.25, 0.3) is 0 Å². The maximum Gasteiger partial charge on any atom is 0.222 e. The highest BCUT2D eigenvalue weighted by molar-refractivity contribution is 5.78. The Morgan fingerprint density at radius 3 is 1.80 bits per heavy atom. The molecule has 4 heteroatoms. The summed E-state index contributed by atoms with van der Waals surface area (Å²) in [6.07, 6.45) is 11.3. The fraction of sp³-hybridized carbons (Fsp3) is 0.935. The van der Waals surface area contributed by atoms with Gasteiger partial charge in [-0.2, -0.15) is 0 Å². The lowest BCUT2D eigenvalue weighted by Crippen LogP contribution is -2.53. The van der Waals surface area contributed by atoms with Gasteiger partial charge in [0.1, 0.15) is 0 Å². The first kappa shape index (κ1) is 30.2. The largest absolute Gasteiger partial charge is 0.339 e. The van der Waals surface area contributed by atoms with Gasteiger partial charge in [0.2, 0.25) is 11.8 Å². The lowest BCUT2D eigenvalue weighted by molar-refractivity contribution is -0.137. The number of carbonyl (C=O) groups excluding carboxylic acids is 2. The van der Waals surface area contributed by atoms with E-state index in [1.54, 1.807) is 0 Å². The summed E-state index contributed by atoms with van der Waals surface area (Å²) in [6, 6.07) is 0.528. The maximum atomic E-state index is 13.2. The number of likely N-dealkylation sites (tertiary alicyclic amines) is 2. The van der Waals surface area contributed by atoms with Gasteiger partial charge in [-0.1, -0.05) is 88.5 Å². The van der Waals surface area contributed by atoms with Gasteiger partial charge < -0.3 is 9.80 Å². The molecule has 0 spiro atoms. The van der Waals surface area contributed by atoms with Crippen LogP contribution >= 0.6 is 0 Å². The summed E-state index contributed by atoms with van der Waals surface area (Å²) in [5.41, 5.74) is 0.376. The molecule has 4 nitrogen and oxygen atoms in total. The van der Waals surface area contributed by atoms with E-state index in [2.05, 4.69) is 79.0 Å². The third kappa shape index (κ3) is 7.96. The van der Waals surface area contributed by atoms with Crippen molar-refractivity contribution in [2.45, 2.75) is 152 Å². The molecule has 2 heterocycles. The van der Waals surface area contributed by atoms with Gasteiger partial charge in [-0.25, -0.2) is 0 Å². The lowest BCUT2D eigenvalue weighted by atomic mass is 9.66. The molecule has 0 saturated carbocycles. The van der Waals surface area contributed by atoms with Crippen LogP contribution < -0.4 is 0 Å². The first-order chi connectivity index (χ1) is 16.0. The molecule has 0 bridgehead atoms. The van der Waals surface area contributed by atoms with Crippen LogP contribution in [0.15, 0.2) is 0 Å². The zero-order valence-electron chi connectivity index (χ0n) is 25.1. The van der Waals surface area contributed by atoms with Crippen molar-refractivity contribution in [3.63, 3.8) is 0 Å². The van der Waals surface area contributed by atoms with E-state index in [4.69, 9.17) is 0 Å². The van der Waals surface area contributed by atoms with Gasteiger partial charge >= 0.3 is 0 Å². The Labute approximate surface area is 218 Å². The second-order valence-electron chi connectivity index (χ2n) is 14.9. The summed E-state index contributed by atoms with van der Waals surface area (Å²) in [7, 11) is 0. The van der Waals surface area contributed by atoms with E-state index < -0.39 is 0 Å². The number of rotatable bonds is 11. The number of hydrogen-bond acceptors (Lipinski definition) is 2. The van der Waals surface area contributed by atoms with Crippen LogP contribution in [0.4, 0.5) is 0 Å². The molecular weight excluding hydrogens is 432 g/mol. The molecule has 2 aliphatic rings. The minimum Gasteiger partial charge on any atom is -0.339 e. The Kier molecular flexibility index (Phi) is 9.95. The molecule has 2 unspecified atom stereocenters. The van der Waals surface area contributed by atoms with Crippen molar-refractivity contribution in [2.75, 3.05) is 13.1 Å². The van der Waals surface area contributed by atoms with Crippen molar-refractivity contribution in [3.05, 3.63) is 0 Å². The zero-order valence-corrected chi connectivity index (χ0v) is 25.1. The van der Waals surface area contributed by atoms with E-state index in [9.17, 15) is 9.59 Å². The Hall–Kier alpha value is -1.06. The summed E-state index contributed by atoms with van der Waals surface area (Å²) < 4.78 is 0. The van der Waals surface area contributed by atoms with Gasteiger partial charge in [-0.15, -0.1) is 0 Å². The van der Waals surface area contributed by atoms with Crippen LogP contribution in [-0.2, 0) is 9.59 Å². The Bertz CT molecular complexity index is 716. The standard InChI is InChI=1S/C31H58N2O2/c1-11-29(5,6)23-24(32-21-14-12-13-17-25(32)34)30(7,8)19-16-20-31(9,10)27(28(2,3)4)33-22-15-18-26(33)35/h24,27H,11-23H2,1-10H3. The van der Waals surface area contributed by atoms with E-state index >= 15 is 0 Å². The minimum atomic E-state index is 0.0466. The third-order valence-electron chi connectivity index (χ3n) is 9.22. The topological polar surface area (TPSA) is 40.6 Å². The van der Waals surface area contributed by atoms with Crippen molar-refractivity contribution in [1.82, 2.24) is 9.80 Å². The van der Waals surface area contributed by atoms with Gasteiger partial charge in [-0.3, -0.25) is 9.59 Å².